The summed E-state index contributed by atoms with van der Waals surface area (Å²) in [5, 5.41) is 0. The van der Waals surface area contributed by atoms with E-state index in [-0.39, 0.29) is 0 Å². The molecule has 0 bridgehead atoms. The minimum absolute atomic E-state index is 0.467. The van der Waals surface area contributed by atoms with Gasteiger partial charge >= 0.3 is 0 Å². The van der Waals surface area contributed by atoms with Gasteiger partial charge in [-0.05, 0) is 42.4 Å². The molecule has 1 fully saturated rings. The minimum Gasteiger partial charge on any atom is -0.497 e. The van der Waals surface area contributed by atoms with E-state index in [4.69, 9.17) is 4.74 Å². The van der Waals surface area contributed by atoms with Crippen LogP contribution in [-0.4, -0.2) is 7.11 Å². The first kappa shape index (κ1) is 12.9. The van der Waals surface area contributed by atoms with Crippen LogP contribution in [0.15, 0.2) is 24.3 Å². The van der Waals surface area contributed by atoms with Crippen molar-refractivity contribution in [2.24, 2.45) is 5.41 Å². The van der Waals surface area contributed by atoms with Gasteiger partial charge in [0.05, 0.1) is 7.11 Å². The molecular formula is C15H21BrO. The van der Waals surface area contributed by atoms with Crippen molar-refractivity contribution < 1.29 is 4.74 Å². The molecule has 0 radical (unpaired) electrons. The van der Waals surface area contributed by atoms with Crippen molar-refractivity contribution in [3.05, 3.63) is 29.8 Å². The van der Waals surface area contributed by atoms with Crippen molar-refractivity contribution in [2.75, 3.05) is 7.11 Å². The summed E-state index contributed by atoms with van der Waals surface area (Å²) >= 11 is 3.94. The van der Waals surface area contributed by atoms with Crippen molar-refractivity contribution in [2.45, 2.75) is 43.9 Å². The first-order chi connectivity index (χ1) is 8.22. The number of benzene rings is 1. The van der Waals surface area contributed by atoms with Crippen LogP contribution in [0.3, 0.4) is 0 Å². The SMILES string of the molecule is CCC1(C(Br)c2ccc(OC)cc2)CCCC1. The maximum atomic E-state index is 5.21. The summed E-state index contributed by atoms with van der Waals surface area (Å²) in [7, 11) is 1.71. The van der Waals surface area contributed by atoms with Crippen LogP contribution < -0.4 is 4.74 Å². The molecule has 0 spiro atoms. The summed E-state index contributed by atoms with van der Waals surface area (Å²) in [4.78, 5) is 0.480. The largest absolute Gasteiger partial charge is 0.497 e. The third kappa shape index (κ3) is 2.52. The Morgan fingerprint density at radius 3 is 2.29 bits per heavy atom. The highest BCUT2D eigenvalue weighted by molar-refractivity contribution is 9.09. The van der Waals surface area contributed by atoms with Gasteiger partial charge in [-0.3, -0.25) is 0 Å². The fraction of sp³-hybridized carbons (Fsp3) is 0.600. The Kier molecular flexibility index (Phi) is 4.13. The summed E-state index contributed by atoms with van der Waals surface area (Å²) in [6.45, 7) is 2.32. The highest BCUT2D eigenvalue weighted by Gasteiger charge is 2.39. The van der Waals surface area contributed by atoms with E-state index in [2.05, 4.69) is 47.1 Å². The fourth-order valence-electron chi connectivity index (χ4n) is 2.99. The van der Waals surface area contributed by atoms with Crippen LogP contribution in [0, 0.1) is 5.41 Å². The molecule has 0 aliphatic heterocycles. The normalized spacial score (nSPS) is 20.2. The van der Waals surface area contributed by atoms with Gasteiger partial charge in [0.2, 0.25) is 0 Å². The number of rotatable bonds is 4. The molecular weight excluding hydrogens is 276 g/mol. The van der Waals surface area contributed by atoms with E-state index in [1.165, 1.54) is 37.7 Å². The van der Waals surface area contributed by atoms with Crippen LogP contribution in [0.5, 0.6) is 5.75 Å². The average molecular weight is 297 g/mol. The van der Waals surface area contributed by atoms with Crippen molar-refractivity contribution in [1.82, 2.24) is 0 Å². The van der Waals surface area contributed by atoms with Crippen molar-refractivity contribution in [3.8, 4) is 5.75 Å². The van der Waals surface area contributed by atoms with E-state index >= 15 is 0 Å². The summed E-state index contributed by atoms with van der Waals surface area (Å²) in [6, 6.07) is 8.49. The number of halogens is 1. The van der Waals surface area contributed by atoms with Gasteiger partial charge < -0.3 is 4.74 Å². The van der Waals surface area contributed by atoms with Gasteiger partial charge in [-0.1, -0.05) is 47.8 Å². The predicted molar refractivity (Wildman–Crippen MR) is 75.9 cm³/mol. The molecule has 17 heavy (non-hydrogen) atoms. The molecule has 1 atom stereocenters. The van der Waals surface area contributed by atoms with Crippen molar-refractivity contribution >= 4 is 15.9 Å². The number of hydrogen-bond donors (Lipinski definition) is 0. The second-order valence-electron chi connectivity index (χ2n) is 5.06. The van der Waals surface area contributed by atoms with Gasteiger partial charge in [0.1, 0.15) is 5.75 Å². The van der Waals surface area contributed by atoms with Gasteiger partial charge in [0.15, 0.2) is 0 Å². The Morgan fingerprint density at radius 1 is 1.24 bits per heavy atom. The van der Waals surface area contributed by atoms with Gasteiger partial charge in [-0.15, -0.1) is 0 Å². The predicted octanol–water partition coefficient (Wildman–Crippen LogP) is 5.10. The number of alkyl halides is 1. The van der Waals surface area contributed by atoms with Crippen molar-refractivity contribution in [3.63, 3.8) is 0 Å². The van der Waals surface area contributed by atoms with E-state index in [9.17, 15) is 0 Å². The summed E-state index contributed by atoms with van der Waals surface area (Å²) in [5.41, 5.74) is 1.85. The zero-order chi connectivity index (χ0) is 12.3. The maximum Gasteiger partial charge on any atom is 0.118 e. The monoisotopic (exact) mass is 296 g/mol. The van der Waals surface area contributed by atoms with Gasteiger partial charge in [0, 0.05) is 4.83 Å². The molecule has 1 aliphatic carbocycles. The topological polar surface area (TPSA) is 9.23 Å². The Labute approximate surface area is 113 Å². The molecule has 0 saturated heterocycles. The summed E-state index contributed by atoms with van der Waals surface area (Å²) < 4.78 is 5.21. The molecule has 0 heterocycles. The zero-order valence-corrected chi connectivity index (χ0v) is 12.3. The Morgan fingerprint density at radius 2 is 1.82 bits per heavy atom. The minimum atomic E-state index is 0.467. The Bertz CT molecular complexity index is 352. The zero-order valence-electron chi connectivity index (χ0n) is 10.7. The maximum absolute atomic E-state index is 5.21. The molecule has 2 heteroatoms. The van der Waals surface area contributed by atoms with E-state index in [0.717, 1.165) is 5.75 Å². The van der Waals surface area contributed by atoms with Gasteiger partial charge in [0.25, 0.3) is 0 Å². The summed E-state index contributed by atoms with van der Waals surface area (Å²) in [6.07, 6.45) is 6.73. The second kappa shape index (κ2) is 5.43. The third-order valence-electron chi connectivity index (χ3n) is 4.25. The number of hydrogen-bond acceptors (Lipinski definition) is 1. The molecule has 0 amide bonds. The Balaban J connectivity index is 2.19. The second-order valence-corrected chi connectivity index (χ2v) is 5.97. The quantitative estimate of drug-likeness (QED) is 0.702. The van der Waals surface area contributed by atoms with E-state index in [1.807, 2.05) is 0 Å². The smallest absolute Gasteiger partial charge is 0.118 e. The molecule has 1 unspecified atom stereocenters. The summed E-state index contributed by atoms with van der Waals surface area (Å²) in [5.74, 6) is 0.936. The standard InChI is InChI=1S/C15H21BrO/c1-3-15(10-4-5-11-15)14(16)12-6-8-13(17-2)9-7-12/h6-9,14H,3-5,10-11H2,1-2H3. The molecule has 1 aromatic rings. The van der Waals surface area contributed by atoms with Crippen LogP contribution in [0.25, 0.3) is 0 Å². The van der Waals surface area contributed by atoms with Crippen LogP contribution >= 0.6 is 15.9 Å². The lowest BCUT2D eigenvalue weighted by Crippen LogP contribution is -2.21. The van der Waals surface area contributed by atoms with Crippen LogP contribution in [0.1, 0.15) is 49.4 Å². The van der Waals surface area contributed by atoms with E-state index in [0.29, 0.717) is 10.2 Å². The molecule has 94 valence electrons. The molecule has 0 aromatic heterocycles. The number of methoxy groups -OCH3 is 1. The van der Waals surface area contributed by atoms with E-state index in [1.54, 1.807) is 7.11 Å². The van der Waals surface area contributed by atoms with E-state index < -0.39 is 0 Å². The van der Waals surface area contributed by atoms with Crippen molar-refractivity contribution in [1.29, 1.82) is 0 Å². The molecule has 1 aromatic carbocycles. The van der Waals surface area contributed by atoms with Gasteiger partial charge in [-0.2, -0.15) is 0 Å². The first-order valence-electron chi connectivity index (χ1n) is 6.50. The Hall–Kier alpha value is -0.500. The molecule has 1 aliphatic rings. The highest BCUT2D eigenvalue weighted by Crippen LogP contribution is 2.54. The fourth-order valence-corrected chi connectivity index (χ4v) is 4.08. The molecule has 1 saturated carbocycles. The lowest BCUT2D eigenvalue weighted by molar-refractivity contribution is 0.279. The highest BCUT2D eigenvalue weighted by atomic mass is 79.9. The third-order valence-corrected chi connectivity index (χ3v) is 5.75. The van der Waals surface area contributed by atoms with Crippen LogP contribution in [-0.2, 0) is 0 Å². The van der Waals surface area contributed by atoms with Crippen LogP contribution in [0.4, 0.5) is 0 Å². The number of ether oxygens (including phenoxy) is 1. The molecule has 0 N–H and O–H groups in total. The lowest BCUT2D eigenvalue weighted by atomic mass is 9.77. The first-order valence-corrected chi connectivity index (χ1v) is 7.41. The lowest BCUT2D eigenvalue weighted by Gasteiger charge is -2.33. The van der Waals surface area contributed by atoms with Crippen LogP contribution in [0.2, 0.25) is 0 Å². The molecule has 2 rings (SSSR count). The molecule has 1 nitrogen and oxygen atoms in total. The average Bonchev–Trinajstić information content (AvgIpc) is 2.88. The van der Waals surface area contributed by atoms with Gasteiger partial charge in [-0.25, -0.2) is 0 Å².